The minimum absolute atomic E-state index is 0.0307. The topological polar surface area (TPSA) is 86.9 Å². The predicted molar refractivity (Wildman–Crippen MR) is 81.5 cm³/mol. The Morgan fingerprint density at radius 3 is 2.52 bits per heavy atom. The molecule has 2 rings (SSSR count). The molecule has 0 bridgehead atoms. The highest BCUT2D eigenvalue weighted by Crippen LogP contribution is 2.25. The standard InChI is InChI=1S/C15H21N3O3/c1-10(14(19)18-7-3-4-8-18)17(2)13-6-5-11(16)9-12(13)15(20)21/h5-6,9-10H,3-4,7-8,16H2,1-2H3,(H,20,21). The molecule has 1 aromatic rings. The maximum absolute atomic E-state index is 12.4. The summed E-state index contributed by atoms with van der Waals surface area (Å²) in [6.07, 6.45) is 2.06. The van der Waals surface area contributed by atoms with Crippen molar-refractivity contribution in [1.82, 2.24) is 4.90 Å². The number of carbonyl (C=O) groups excluding carboxylic acids is 1. The number of nitrogens with zero attached hydrogens (tertiary/aromatic N) is 2. The Kier molecular flexibility index (Phi) is 4.35. The predicted octanol–water partition coefficient (Wildman–Crippen LogP) is 1.41. The zero-order valence-electron chi connectivity index (χ0n) is 12.4. The van der Waals surface area contributed by atoms with Gasteiger partial charge in [0, 0.05) is 25.8 Å². The van der Waals surface area contributed by atoms with Gasteiger partial charge in [0.05, 0.1) is 11.3 Å². The number of likely N-dealkylation sites (tertiary alicyclic amines) is 1. The van der Waals surface area contributed by atoms with Crippen LogP contribution < -0.4 is 10.6 Å². The van der Waals surface area contributed by atoms with E-state index in [4.69, 9.17) is 5.73 Å². The van der Waals surface area contributed by atoms with Crippen molar-refractivity contribution in [2.75, 3.05) is 30.8 Å². The van der Waals surface area contributed by atoms with Gasteiger partial charge in [-0.25, -0.2) is 4.79 Å². The molecule has 1 aliphatic rings. The van der Waals surface area contributed by atoms with E-state index in [0.29, 0.717) is 11.4 Å². The summed E-state index contributed by atoms with van der Waals surface area (Å²) in [6, 6.07) is 4.30. The average molecular weight is 291 g/mol. The molecule has 0 radical (unpaired) electrons. The molecule has 1 atom stereocenters. The van der Waals surface area contributed by atoms with Crippen molar-refractivity contribution in [2.24, 2.45) is 0 Å². The molecule has 1 amide bonds. The summed E-state index contributed by atoms with van der Waals surface area (Å²) in [6.45, 7) is 3.36. The van der Waals surface area contributed by atoms with Crippen LogP contribution in [0.4, 0.5) is 11.4 Å². The van der Waals surface area contributed by atoms with E-state index in [1.165, 1.54) is 6.07 Å². The lowest BCUT2D eigenvalue weighted by Gasteiger charge is -2.30. The number of likely N-dealkylation sites (N-methyl/N-ethyl adjacent to an activating group) is 1. The van der Waals surface area contributed by atoms with E-state index in [-0.39, 0.29) is 11.5 Å². The fourth-order valence-corrected chi connectivity index (χ4v) is 2.61. The number of rotatable bonds is 4. The monoisotopic (exact) mass is 291 g/mol. The van der Waals surface area contributed by atoms with Gasteiger partial charge in [0.2, 0.25) is 5.91 Å². The van der Waals surface area contributed by atoms with Crippen LogP contribution in [0, 0.1) is 0 Å². The SMILES string of the molecule is CC(C(=O)N1CCCC1)N(C)c1ccc(N)cc1C(=O)O. The van der Waals surface area contributed by atoms with Crippen LogP contribution in [-0.4, -0.2) is 48.1 Å². The number of nitrogen functional groups attached to an aromatic ring is 1. The summed E-state index contributed by atoms with van der Waals surface area (Å²) in [4.78, 5) is 27.3. The highest BCUT2D eigenvalue weighted by Gasteiger charge is 2.27. The molecule has 1 heterocycles. The molecule has 1 unspecified atom stereocenters. The van der Waals surface area contributed by atoms with Gasteiger partial charge in [-0.05, 0) is 38.0 Å². The number of carbonyl (C=O) groups is 2. The summed E-state index contributed by atoms with van der Waals surface area (Å²) in [5.74, 6) is -1.02. The molecule has 21 heavy (non-hydrogen) atoms. The molecule has 0 aromatic heterocycles. The number of carboxylic acid groups (broad SMARTS) is 1. The molecule has 6 nitrogen and oxygen atoms in total. The van der Waals surface area contributed by atoms with Gasteiger partial charge in [-0.3, -0.25) is 4.79 Å². The van der Waals surface area contributed by atoms with Crippen molar-refractivity contribution >= 4 is 23.3 Å². The molecular weight excluding hydrogens is 270 g/mol. The second-order valence-corrected chi connectivity index (χ2v) is 5.40. The Hall–Kier alpha value is -2.24. The van der Waals surface area contributed by atoms with Crippen LogP contribution in [0.15, 0.2) is 18.2 Å². The molecule has 0 saturated carbocycles. The van der Waals surface area contributed by atoms with Crippen molar-refractivity contribution in [3.63, 3.8) is 0 Å². The molecular formula is C15H21N3O3. The molecule has 1 aromatic carbocycles. The second kappa shape index (κ2) is 6.03. The summed E-state index contributed by atoms with van der Waals surface area (Å²) < 4.78 is 0. The molecule has 3 N–H and O–H groups in total. The minimum atomic E-state index is -1.05. The summed E-state index contributed by atoms with van der Waals surface area (Å²) in [5, 5.41) is 9.29. The van der Waals surface area contributed by atoms with Crippen LogP contribution in [-0.2, 0) is 4.79 Å². The number of anilines is 2. The van der Waals surface area contributed by atoms with Crippen LogP contribution in [0.5, 0.6) is 0 Å². The van der Waals surface area contributed by atoms with Gasteiger partial charge >= 0.3 is 5.97 Å². The maximum atomic E-state index is 12.4. The number of carboxylic acids is 1. The van der Waals surface area contributed by atoms with E-state index < -0.39 is 12.0 Å². The molecule has 1 saturated heterocycles. The smallest absolute Gasteiger partial charge is 0.337 e. The lowest BCUT2D eigenvalue weighted by Crippen LogP contribution is -2.45. The van der Waals surface area contributed by atoms with Gasteiger partial charge in [-0.2, -0.15) is 0 Å². The first-order valence-corrected chi connectivity index (χ1v) is 7.06. The normalized spacial score (nSPS) is 15.8. The van der Waals surface area contributed by atoms with E-state index in [2.05, 4.69) is 0 Å². The minimum Gasteiger partial charge on any atom is -0.478 e. The van der Waals surface area contributed by atoms with Crippen LogP contribution >= 0.6 is 0 Å². The lowest BCUT2D eigenvalue weighted by atomic mass is 10.1. The molecule has 0 aliphatic carbocycles. The zero-order valence-corrected chi connectivity index (χ0v) is 12.4. The van der Waals surface area contributed by atoms with Crippen LogP contribution in [0.1, 0.15) is 30.1 Å². The van der Waals surface area contributed by atoms with E-state index in [1.54, 1.807) is 31.0 Å². The highest BCUT2D eigenvalue weighted by atomic mass is 16.4. The number of aromatic carboxylic acids is 1. The Morgan fingerprint density at radius 2 is 1.95 bits per heavy atom. The van der Waals surface area contributed by atoms with Crippen molar-refractivity contribution in [3.05, 3.63) is 23.8 Å². The number of benzene rings is 1. The Balaban J connectivity index is 2.24. The Bertz CT molecular complexity index is 553. The molecule has 114 valence electrons. The number of nitrogens with two attached hydrogens (primary N) is 1. The van der Waals surface area contributed by atoms with Crippen LogP contribution in [0.2, 0.25) is 0 Å². The molecule has 1 aliphatic heterocycles. The van der Waals surface area contributed by atoms with Crippen LogP contribution in [0.25, 0.3) is 0 Å². The second-order valence-electron chi connectivity index (χ2n) is 5.40. The quantitative estimate of drug-likeness (QED) is 0.819. The van der Waals surface area contributed by atoms with E-state index in [9.17, 15) is 14.7 Å². The summed E-state index contributed by atoms with van der Waals surface area (Å²) in [7, 11) is 1.73. The summed E-state index contributed by atoms with van der Waals surface area (Å²) >= 11 is 0. The Labute approximate surface area is 124 Å². The molecule has 1 fully saturated rings. The highest BCUT2D eigenvalue weighted by molar-refractivity contribution is 5.97. The summed E-state index contributed by atoms with van der Waals surface area (Å²) in [5.41, 5.74) is 6.64. The van der Waals surface area contributed by atoms with Crippen molar-refractivity contribution in [2.45, 2.75) is 25.8 Å². The number of hydrogen-bond donors (Lipinski definition) is 2. The van der Waals surface area contributed by atoms with Gasteiger partial charge in [0.1, 0.15) is 6.04 Å². The average Bonchev–Trinajstić information content (AvgIpc) is 2.99. The van der Waals surface area contributed by atoms with E-state index in [0.717, 1.165) is 25.9 Å². The fourth-order valence-electron chi connectivity index (χ4n) is 2.61. The van der Waals surface area contributed by atoms with E-state index >= 15 is 0 Å². The number of amides is 1. The van der Waals surface area contributed by atoms with Gasteiger partial charge in [0.25, 0.3) is 0 Å². The van der Waals surface area contributed by atoms with Crippen molar-refractivity contribution < 1.29 is 14.7 Å². The first-order valence-electron chi connectivity index (χ1n) is 7.06. The van der Waals surface area contributed by atoms with Gasteiger partial charge in [-0.1, -0.05) is 0 Å². The van der Waals surface area contributed by atoms with Gasteiger partial charge in [0.15, 0.2) is 0 Å². The third-order valence-electron chi connectivity index (χ3n) is 3.99. The van der Waals surface area contributed by atoms with Gasteiger partial charge in [-0.15, -0.1) is 0 Å². The number of hydrogen-bond acceptors (Lipinski definition) is 4. The first kappa shape index (κ1) is 15.2. The van der Waals surface area contributed by atoms with E-state index in [1.807, 2.05) is 4.90 Å². The maximum Gasteiger partial charge on any atom is 0.337 e. The van der Waals surface area contributed by atoms with Crippen molar-refractivity contribution in [1.29, 1.82) is 0 Å². The van der Waals surface area contributed by atoms with Gasteiger partial charge < -0.3 is 20.6 Å². The molecule has 6 heteroatoms. The third kappa shape index (κ3) is 3.09. The third-order valence-corrected chi connectivity index (χ3v) is 3.99. The lowest BCUT2D eigenvalue weighted by molar-refractivity contribution is -0.131. The fraction of sp³-hybridized carbons (Fsp3) is 0.467. The van der Waals surface area contributed by atoms with Crippen molar-refractivity contribution in [3.8, 4) is 0 Å². The largest absolute Gasteiger partial charge is 0.478 e. The first-order chi connectivity index (χ1) is 9.91. The van der Waals surface area contributed by atoms with Crippen LogP contribution in [0.3, 0.4) is 0 Å². The zero-order chi connectivity index (χ0) is 15.6. The molecule has 0 spiro atoms. The Morgan fingerprint density at radius 1 is 1.33 bits per heavy atom.